The van der Waals surface area contributed by atoms with E-state index in [1.165, 1.54) is 5.57 Å². The lowest BCUT2D eigenvalue weighted by Crippen LogP contribution is -2.33. The van der Waals surface area contributed by atoms with Crippen LogP contribution in [0.1, 0.15) is 40.0 Å². The lowest BCUT2D eigenvalue weighted by Gasteiger charge is -2.25. The molecule has 0 aromatic heterocycles. The van der Waals surface area contributed by atoms with E-state index in [9.17, 15) is 4.79 Å². The first-order valence-electron chi connectivity index (χ1n) is 5.59. The number of nitrogens with zero attached hydrogens (tertiary/aromatic N) is 1. The van der Waals surface area contributed by atoms with Gasteiger partial charge in [0.05, 0.1) is 0 Å². The van der Waals surface area contributed by atoms with Crippen molar-refractivity contribution in [3.05, 3.63) is 23.8 Å². The van der Waals surface area contributed by atoms with Crippen molar-refractivity contribution in [2.24, 2.45) is 0 Å². The van der Waals surface area contributed by atoms with Gasteiger partial charge in [0, 0.05) is 19.2 Å². The van der Waals surface area contributed by atoms with Gasteiger partial charge in [-0.05, 0) is 26.7 Å². The summed E-state index contributed by atoms with van der Waals surface area (Å²) in [5.74, 6) is 0.213. The summed E-state index contributed by atoms with van der Waals surface area (Å²) in [6, 6.07) is 0. The maximum atomic E-state index is 11.5. The van der Waals surface area contributed by atoms with Crippen LogP contribution in [0, 0.1) is 0 Å². The Morgan fingerprint density at radius 3 is 2.53 bits per heavy atom. The molecule has 0 aromatic rings. The molecular weight excluding hydrogens is 186 g/mol. The van der Waals surface area contributed by atoms with Crippen LogP contribution in [-0.4, -0.2) is 24.4 Å². The van der Waals surface area contributed by atoms with Gasteiger partial charge in [-0.25, -0.2) is 0 Å². The Bertz CT molecular complexity index is 253. The Labute approximate surface area is 93.7 Å². The van der Waals surface area contributed by atoms with Crippen LogP contribution >= 0.6 is 0 Å². The van der Waals surface area contributed by atoms with Gasteiger partial charge in [0.2, 0.25) is 5.91 Å². The highest BCUT2D eigenvalue weighted by Gasteiger charge is 2.19. The number of carbonyl (C=O) groups excluding carboxylic acids is 1. The molecule has 1 heterocycles. The van der Waals surface area contributed by atoms with Gasteiger partial charge < -0.3 is 4.90 Å². The molecule has 1 rings (SSSR count). The minimum absolute atomic E-state index is 0.213. The summed E-state index contributed by atoms with van der Waals surface area (Å²) in [5, 5.41) is 0. The van der Waals surface area contributed by atoms with Gasteiger partial charge in [0.15, 0.2) is 0 Å². The fourth-order valence-corrected chi connectivity index (χ4v) is 1.64. The third kappa shape index (κ3) is 4.32. The third-order valence-corrected chi connectivity index (χ3v) is 2.50. The van der Waals surface area contributed by atoms with Crippen molar-refractivity contribution in [3.63, 3.8) is 0 Å². The van der Waals surface area contributed by atoms with Gasteiger partial charge >= 0.3 is 0 Å². The van der Waals surface area contributed by atoms with Gasteiger partial charge in [-0.15, -0.1) is 6.58 Å². The van der Waals surface area contributed by atoms with E-state index >= 15 is 0 Å². The minimum atomic E-state index is 0.213. The molecule has 0 spiro atoms. The molecule has 0 saturated carbocycles. The summed E-state index contributed by atoms with van der Waals surface area (Å²) >= 11 is 0. The lowest BCUT2D eigenvalue weighted by molar-refractivity contribution is -0.126. The second kappa shape index (κ2) is 7.27. The molecule has 0 N–H and O–H groups in total. The fourth-order valence-electron chi connectivity index (χ4n) is 1.64. The molecule has 1 aliphatic rings. The van der Waals surface area contributed by atoms with Gasteiger partial charge in [0.1, 0.15) is 0 Å². The van der Waals surface area contributed by atoms with E-state index in [0.29, 0.717) is 0 Å². The van der Waals surface area contributed by atoms with Gasteiger partial charge in [0.25, 0.3) is 0 Å². The molecule has 2 heteroatoms. The van der Waals surface area contributed by atoms with Crippen LogP contribution in [0.3, 0.4) is 0 Å². The van der Waals surface area contributed by atoms with Crippen LogP contribution in [0.5, 0.6) is 0 Å². The van der Waals surface area contributed by atoms with Crippen molar-refractivity contribution < 1.29 is 4.79 Å². The minimum Gasteiger partial charge on any atom is -0.342 e. The second-order valence-electron chi connectivity index (χ2n) is 3.86. The van der Waals surface area contributed by atoms with E-state index in [1.54, 1.807) is 11.0 Å². The van der Waals surface area contributed by atoms with E-state index < -0.39 is 0 Å². The van der Waals surface area contributed by atoms with Crippen LogP contribution < -0.4 is 0 Å². The summed E-state index contributed by atoms with van der Waals surface area (Å²) < 4.78 is 0. The van der Waals surface area contributed by atoms with E-state index in [1.807, 2.05) is 20.9 Å². The SMILES string of the molecule is C=CC.CCCC1=C(C)C(=O)N(C)CC1. The predicted molar refractivity (Wildman–Crippen MR) is 65.7 cm³/mol. The fraction of sp³-hybridized carbons (Fsp3) is 0.615. The van der Waals surface area contributed by atoms with Crippen LogP contribution in [0.2, 0.25) is 0 Å². The highest BCUT2D eigenvalue weighted by molar-refractivity contribution is 5.94. The highest BCUT2D eigenvalue weighted by Crippen LogP contribution is 2.21. The maximum absolute atomic E-state index is 11.5. The molecule has 0 unspecified atom stereocenters. The summed E-state index contributed by atoms with van der Waals surface area (Å²) in [4.78, 5) is 13.3. The highest BCUT2D eigenvalue weighted by atomic mass is 16.2. The lowest BCUT2D eigenvalue weighted by atomic mass is 9.97. The Kier molecular flexibility index (Phi) is 6.76. The molecule has 0 aromatic carbocycles. The van der Waals surface area contributed by atoms with Crippen molar-refractivity contribution in [2.75, 3.05) is 13.6 Å². The molecule has 0 atom stereocenters. The molecule has 0 bridgehead atoms. The van der Waals surface area contributed by atoms with E-state index in [0.717, 1.165) is 31.4 Å². The topological polar surface area (TPSA) is 20.3 Å². The normalized spacial score (nSPS) is 16.0. The van der Waals surface area contributed by atoms with E-state index in [2.05, 4.69) is 13.5 Å². The smallest absolute Gasteiger partial charge is 0.249 e. The Morgan fingerprint density at radius 1 is 1.53 bits per heavy atom. The van der Waals surface area contributed by atoms with Crippen LogP contribution in [0.25, 0.3) is 0 Å². The van der Waals surface area contributed by atoms with Crippen molar-refractivity contribution in [1.29, 1.82) is 0 Å². The average Bonchev–Trinajstić information content (AvgIpc) is 2.21. The molecule has 2 nitrogen and oxygen atoms in total. The molecule has 15 heavy (non-hydrogen) atoms. The maximum Gasteiger partial charge on any atom is 0.249 e. The van der Waals surface area contributed by atoms with Crippen molar-refractivity contribution in [1.82, 2.24) is 4.90 Å². The van der Waals surface area contributed by atoms with Gasteiger partial charge in [-0.1, -0.05) is 25.0 Å². The predicted octanol–water partition coefficient (Wildman–Crippen LogP) is 3.16. The van der Waals surface area contributed by atoms with Gasteiger partial charge in [-0.2, -0.15) is 0 Å². The molecule has 0 saturated heterocycles. The van der Waals surface area contributed by atoms with Crippen LogP contribution in [0.15, 0.2) is 23.8 Å². The molecule has 0 fully saturated rings. The van der Waals surface area contributed by atoms with E-state index in [-0.39, 0.29) is 5.91 Å². The van der Waals surface area contributed by atoms with Crippen LogP contribution in [-0.2, 0) is 4.79 Å². The quantitative estimate of drug-likeness (QED) is 0.640. The number of likely N-dealkylation sites (N-methyl/N-ethyl adjacent to an activating group) is 1. The summed E-state index contributed by atoms with van der Waals surface area (Å²) in [5.41, 5.74) is 2.34. The number of allylic oxidation sites excluding steroid dienone is 1. The second-order valence-corrected chi connectivity index (χ2v) is 3.86. The largest absolute Gasteiger partial charge is 0.342 e. The standard InChI is InChI=1S/C10H17NO.C3H6/c1-4-5-9-6-7-11(3)10(12)8(9)2;1-3-2/h4-7H2,1-3H3;3H,1H2,2H3. The first kappa shape index (κ1) is 13.9. The first-order valence-corrected chi connectivity index (χ1v) is 5.59. The zero-order valence-electron chi connectivity index (χ0n) is 10.5. The molecule has 1 amide bonds. The Balaban J connectivity index is 0.000000583. The molecule has 0 radical (unpaired) electrons. The number of amides is 1. The zero-order chi connectivity index (χ0) is 11.8. The number of hydrogen-bond donors (Lipinski definition) is 0. The molecule has 86 valence electrons. The van der Waals surface area contributed by atoms with Crippen molar-refractivity contribution >= 4 is 5.91 Å². The van der Waals surface area contributed by atoms with Crippen molar-refractivity contribution in [2.45, 2.75) is 40.0 Å². The average molecular weight is 209 g/mol. The molecule has 0 aliphatic carbocycles. The Hall–Kier alpha value is -1.05. The van der Waals surface area contributed by atoms with Crippen molar-refractivity contribution in [3.8, 4) is 0 Å². The summed E-state index contributed by atoms with van der Waals surface area (Å²) in [6.07, 6.45) is 5.05. The first-order chi connectivity index (χ1) is 7.08. The monoisotopic (exact) mass is 209 g/mol. The van der Waals surface area contributed by atoms with Gasteiger partial charge in [-0.3, -0.25) is 4.79 Å². The summed E-state index contributed by atoms with van der Waals surface area (Å²) in [6.45, 7) is 10.2. The summed E-state index contributed by atoms with van der Waals surface area (Å²) in [7, 11) is 1.87. The zero-order valence-corrected chi connectivity index (χ0v) is 10.5. The molecule has 1 aliphatic heterocycles. The number of carbonyl (C=O) groups is 1. The van der Waals surface area contributed by atoms with Crippen LogP contribution in [0.4, 0.5) is 0 Å². The third-order valence-electron chi connectivity index (χ3n) is 2.50. The number of hydrogen-bond acceptors (Lipinski definition) is 1. The van der Waals surface area contributed by atoms with E-state index in [4.69, 9.17) is 0 Å². The molecular formula is C13H23NO. The Morgan fingerprint density at radius 2 is 2.07 bits per heavy atom. The number of rotatable bonds is 2.